The lowest BCUT2D eigenvalue weighted by Crippen LogP contribution is -1.99. The summed E-state index contributed by atoms with van der Waals surface area (Å²) in [6, 6.07) is 25.7. The molecular weight excluding hydrogens is 480 g/mol. The van der Waals surface area contributed by atoms with Gasteiger partial charge >= 0.3 is 5.97 Å². The Morgan fingerprint density at radius 3 is 1.97 bits per heavy atom. The molecule has 0 unspecified atom stereocenters. The van der Waals surface area contributed by atoms with Crippen molar-refractivity contribution in [3.05, 3.63) is 106 Å². The number of rotatable bonds is 13. The minimum absolute atomic E-state index is 0.250. The van der Waals surface area contributed by atoms with E-state index in [1.54, 1.807) is 35.6 Å². The predicted molar refractivity (Wildman–Crippen MR) is 151 cm³/mol. The van der Waals surface area contributed by atoms with E-state index in [0.717, 1.165) is 27.3 Å². The van der Waals surface area contributed by atoms with Crippen LogP contribution in [0.2, 0.25) is 0 Å². The average Bonchev–Trinajstić information content (AvgIpc) is 3.40. The predicted octanol–water partition coefficient (Wildman–Crippen LogP) is 8.96. The first-order chi connectivity index (χ1) is 18.1. The topological polar surface area (TPSA) is 55.8 Å². The minimum Gasteiger partial charge on any atom is -0.489 e. The molecule has 1 N–H and O–H groups in total. The number of aromatic carboxylic acids is 1. The van der Waals surface area contributed by atoms with E-state index in [2.05, 4.69) is 73.8 Å². The van der Waals surface area contributed by atoms with Gasteiger partial charge in [0.25, 0.3) is 0 Å². The third-order valence-corrected chi connectivity index (χ3v) is 7.36. The Bertz CT molecular complexity index is 1250. The highest BCUT2D eigenvalue weighted by Gasteiger charge is 2.10. The fourth-order valence-electron chi connectivity index (χ4n) is 4.43. The zero-order chi connectivity index (χ0) is 26.0. The summed E-state index contributed by atoms with van der Waals surface area (Å²) in [5, 5.41) is 11.1. The first kappa shape index (κ1) is 26.5. The summed E-state index contributed by atoms with van der Waals surface area (Å²) >= 11 is 1.65. The van der Waals surface area contributed by atoms with Gasteiger partial charge in [-0.25, -0.2) is 4.79 Å². The van der Waals surface area contributed by atoms with Crippen LogP contribution in [0.25, 0.3) is 11.1 Å². The molecule has 0 amide bonds. The van der Waals surface area contributed by atoms with Crippen LogP contribution in [0.3, 0.4) is 0 Å². The van der Waals surface area contributed by atoms with Gasteiger partial charge in [-0.1, -0.05) is 63.1 Å². The van der Waals surface area contributed by atoms with Crippen molar-refractivity contribution in [2.75, 3.05) is 0 Å². The summed E-state index contributed by atoms with van der Waals surface area (Å²) in [4.78, 5) is 12.1. The summed E-state index contributed by atoms with van der Waals surface area (Å²) in [7, 11) is 0. The van der Waals surface area contributed by atoms with E-state index in [-0.39, 0.29) is 5.56 Å². The van der Waals surface area contributed by atoms with Crippen molar-refractivity contribution in [2.24, 2.45) is 0 Å². The van der Waals surface area contributed by atoms with Gasteiger partial charge in [-0.15, -0.1) is 11.3 Å². The lowest BCUT2D eigenvalue weighted by Gasteiger charge is -2.16. The Labute approximate surface area is 223 Å². The molecule has 0 aliphatic carbocycles. The highest BCUT2D eigenvalue weighted by atomic mass is 32.1. The van der Waals surface area contributed by atoms with Gasteiger partial charge in [-0.3, -0.25) is 0 Å². The first-order valence-corrected chi connectivity index (χ1v) is 13.8. The Balaban J connectivity index is 1.29. The molecule has 1 heterocycles. The van der Waals surface area contributed by atoms with Gasteiger partial charge in [0.1, 0.15) is 24.7 Å². The molecule has 0 saturated carbocycles. The van der Waals surface area contributed by atoms with Crippen molar-refractivity contribution in [1.29, 1.82) is 0 Å². The normalized spacial score (nSPS) is 11.0. The van der Waals surface area contributed by atoms with Crippen LogP contribution < -0.4 is 9.47 Å². The molecule has 37 heavy (non-hydrogen) atoms. The highest BCUT2D eigenvalue weighted by Crippen LogP contribution is 2.29. The van der Waals surface area contributed by atoms with Crippen LogP contribution in [-0.4, -0.2) is 11.1 Å². The quantitative estimate of drug-likeness (QED) is 0.193. The van der Waals surface area contributed by atoms with Crippen molar-refractivity contribution >= 4 is 17.3 Å². The Kier molecular flexibility index (Phi) is 9.39. The van der Waals surface area contributed by atoms with E-state index in [4.69, 9.17) is 14.6 Å². The van der Waals surface area contributed by atoms with Crippen LogP contribution in [0.1, 0.15) is 71.8 Å². The largest absolute Gasteiger partial charge is 0.489 e. The van der Waals surface area contributed by atoms with E-state index in [1.165, 1.54) is 31.2 Å². The molecule has 3 aromatic carbocycles. The van der Waals surface area contributed by atoms with Crippen molar-refractivity contribution in [1.82, 2.24) is 0 Å². The van der Waals surface area contributed by atoms with Gasteiger partial charge in [-0.2, -0.15) is 0 Å². The lowest BCUT2D eigenvalue weighted by molar-refractivity contribution is 0.0697. The Hall–Kier alpha value is -3.57. The van der Waals surface area contributed by atoms with E-state index in [0.29, 0.717) is 24.9 Å². The molecular formula is C32H34O4S. The van der Waals surface area contributed by atoms with Gasteiger partial charge in [0.15, 0.2) is 0 Å². The Morgan fingerprint density at radius 1 is 0.784 bits per heavy atom. The van der Waals surface area contributed by atoms with Gasteiger partial charge in [0.2, 0.25) is 0 Å². The van der Waals surface area contributed by atoms with Crippen molar-refractivity contribution in [3.63, 3.8) is 0 Å². The van der Waals surface area contributed by atoms with E-state index in [1.807, 2.05) is 0 Å². The molecule has 0 saturated heterocycles. The number of carboxylic acids is 1. The van der Waals surface area contributed by atoms with Crippen LogP contribution in [0.5, 0.6) is 11.5 Å². The monoisotopic (exact) mass is 514 g/mol. The second-order valence-electron chi connectivity index (χ2n) is 9.25. The fraction of sp³-hybridized carbons (Fsp3) is 0.281. The van der Waals surface area contributed by atoms with Gasteiger partial charge in [0.05, 0.1) is 5.56 Å². The van der Waals surface area contributed by atoms with E-state index in [9.17, 15) is 4.79 Å². The van der Waals surface area contributed by atoms with Crippen LogP contribution in [0.15, 0.2) is 84.2 Å². The summed E-state index contributed by atoms with van der Waals surface area (Å²) in [6.45, 7) is 5.49. The molecule has 0 atom stereocenters. The SMILES string of the molecule is CCCC(CCC)c1ccc(OCc2ccc(-c3csc(COc4ccc(C(=O)O)cc4)c3)cc2)cc1. The second kappa shape index (κ2) is 13.1. The number of thiophene rings is 1. The van der Waals surface area contributed by atoms with Gasteiger partial charge in [0, 0.05) is 4.88 Å². The number of carboxylic acid groups (broad SMARTS) is 1. The number of hydrogen-bond donors (Lipinski definition) is 1. The molecule has 0 radical (unpaired) electrons. The zero-order valence-corrected chi connectivity index (χ0v) is 22.3. The minimum atomic E-state index is -0.941. The highest BCUT2D eigenvalue weighted by molar-refractivity contribution is 7.10. The van der Waals surface area contributed by atoms with Crippen LogP contribution >= 0.6 is 11.3 Å². The molecule has 1 aromatic heterocycles. The van der Waals surface area contributed by atoms with Crippen LogP contribution in [-0.2, 0) is 13.2 Å². The Morgan fingerprint density at radius 2 is 1.38 bits per heavy atom. The van der Waals surface area contributed by atoms with Crippen molar-refractivity contribution < 1.29 is 19.4 Å². The summed E-state index contributed by atoms with van der Waals surface area (Å²) in [5.74, 6) is 1.26. The van der Waals surface area contributed by atoms with Crippen molar-refractivity contribution in [2.45, 2.75) is 58.7 Å². The number of benzene rings is 3. The maximum Gasteiger partial charge on any atom is 0.335 e. The average molecular weight is 515 g/mol. The standard InChI is InChI=1S/C32H34O4S/c1-3-5-24(6-4-2)25-11-15-29(16-12-25)35-20-23-7-9-26(10-8-23)28-19-31(37-22-28)21-36-30-17-13-27(14-18-30)32(33)34/h7-19,22,24H,3-6,20-21H2,1-2H3,(H,33,34). The van der Waals surface area contributed by atoms with Crippen molar-refractivity contribution in [3.8, 4) is 22.6 Å². The molecule has 0 aliphatic rings. The molecule has 0 aliphatic heterocycles. The molecule has 4 nitrogen and oxygen atoms in total. The summed E-state index contributed by atoms with van der Waals surface area (Å²) in [5.41, 5.74) is 5.10. The van der Waals surface area contributed by atoms with Crippen LogP contribution in [0, 0.1) is 0 Å². The molecule has 192 valence electrons. The maximum atomic E-state index is 11.0. The molecule has 0 spiro atoms. The molecule has 0 bridgehead atoms. The van der Waals surface area contributed by atoms with E-state index >= 15 is 0 Å². The third-order valence-electron chi connectivity index (χ3n) is 6.45. The third kappa shape index (κ3) is 7.46. The second-order valence-corrected chi connectivity index (χ2v) is 10.2. The molecule has 5 heteroatoms. The molecule has 4 aromatic rings. The molecule has 0 fully saturated rings. The number of ether oxygens (including phenoxy) is 2. The number of carbonyl (C=O) groups is 1. The fourth-order valence-corrected chi connectivity index (χ4v) is 5.23. The molecule has 4 rings (SSSR count). The smallest absolute Gasteiger partial charge is 0.335 e. The van der Waals surface area contributed by atoms with E-state index < -0.39 is 5.97 Å². The summed E-state index contributed by atoms with van der Waals surface area (Å²) in [6.07, 6.45) is 4.90. The van der Waals surface area contributed by atoms with Gasteiger partial charge in [-0.05, 0) is 88.9 Å². The number of hydrogen-bond acceptors (Lipinski definition) is 4. The van der Waals surface area contributed by atoms with Gasteiger partial charge < -0.3 is 14.6 Å². The maximum absolute atomic E-state index is 11.0. The first-order valence-electron chi connectivity index (χ1n) is 12.9. The lowest BCUT2D eigenvalue weighted by atomic mass is 9.90. The zero-order valence-electron chi connectivity index (χ0n) is 21.5. The van der Waals surface area contributed by atoms with Crippen LogP contribution in [0.4, 0.5) is 0 Å². The summed E-state index contributed by atoms with van der Waals surface area (Å²) < 4.78 is 11.9.